The maximum atomic E-state index is 13.5. The molecule has 1 heterocycles. The summed E-state index contributed by atoms with van der Waals surface area (Å²) >= 11 is 0. The summed E-state index contributed by atoms with van der Waals surface area (Å²) in [6, 6.07) is 0. The number of H-pyrrole nitrogens is 1. The van der Waals surface area contributed by atoms with E-state index >= 15 is 0 Å². The first-order valence-corrected chi connectivity index (χ1v) is 12.3. The van der Waals surface area contributed by atoms with Crippen LogP contribution >= 0.6 is 0 Å². The van der Waals surface area contributed by atoms with E-state index in [4.69, 9.17) is 0 Å². The van der Waals surface area contributed by atoms with E-state index in [-0.39, 0.29) is 41.3 Å². The minimum atomic E-state index is -4.55. The van der Waals surface area contributed by atoms with Gasteiger partial charge in [-0.05, 0) is 92.3 Å². The van der Waals surface area contributed by atoms with Crippen molar-refractivity contribution in [2.45, 2.75) is 89.8 Å². The Labute approximate surface area is 187 Å². The summed E-state index contributed by atoms with van der Waals surface area (Å²) in [5.74, 6) is 2.31. The van der Waals surface area contributed by atoms with Gasteiger partial charge in [-0.25, -0.2) is 4.98 Å². The molecular formula is C25H35F3N2O2. The number of nitrogens with one attached hydrogen (secondary N) is 1. The van der Waals surface area contributed by atoms with Gasteiger partial charge in [-0.3, -0.25) is 4.79 Å². The van der Waals surface area contributed by atoms with Gasteiger partial charge in [-0.1, -0.05) is 13.8 Å². The third-order valence-corrected chi connectivity index (χ3v) is 10.5. The molecule has 0 aromatic carbocycles. The van der Waals surface area contributed by atoms with E-state index in [0.717, 1.165) is 44.3 Å². The molecule has 0 unspecified atom stereocenters. The van der Waals surface area contributed by atoms with Gasteiger partial charge in [-0.15, -0.1) is 0 Å². The molecule has 0 aliphatic heterocycles. The number of ketones is 1. The first-order chi connectivity index (χ1) is 15.0. The lowest BCUT2D eigenvalue weighted by molar-refractivity contribution is -0.290. The Morgan fingerprint density at radius 1 is 1.09 bits per heavy atom. The Morgan fingerprint density at radius 3 is 2.53 bits per heavy atom. The zero-order valence-corrected chi connectivity index (χ0v) is 19.0. The van der Waals surface area contributed by atoms with Gasteiger partial charge in [0, 0.05) is 18.3 Å². The quantitative estimate of drug-likeness (QED) is 0.639. The number of alkyl halides is 3. The van der Waals surface area contributed by atoms with Crippen molar-refractivity contribution >= 4 is 5.78 Å². The molecule has 1 aromatic rings. The topological polar surface area (TPSA) is 66.0 Å². The van der Waals surface area contributed by atoms with Crippen molar-refractivity contribution < 1.29 is 23.1 Å². The molecule has 0 bridgehead atoms. The average molecular weight is 453 g/mol. The first-order valence-electron chi connectivity index (χ1n) is 12.3. The molecule has 4 nitrogen and oxygen atoms in total. The van der Waals surface area contributed by atoms with Gasteiger partial charge >= 0.3 is 6.18 Å². The fourth-order valence-corrected chi connectivity index (χ4v) is 8.71. The van der Waals surface area contributed by atoms with Gasteiger partial charge in [0.2, 0.25) is 0 Å². The van der Waals surface area contributed by atoms with Crippen LogP contribution in [0.5, 0.6) is 0 Å². The molecule has 0 saturated heterocycles. The second kappa shape index (κ2) is 7.31. The van der Waals surface area contributed by atoms with Crippen LogP contribution < -0.4 is 0 Å². The predicted octanol–water partition coefficient (Wildman–Crippen LogP) is 5.47. The van der Waals surface area contributed by atoms with E-state index in [2.05, 4.69) is 23.8 Å². The van der Waals surface area contributed by atoms with Crippen molar-refractivity contribution in [1.29, 1.82) is 0 Å². The van der Waals surface area contributed by atoms with Crippen molar-refractivity contribution in [2.24, 2.45) is 40.4 Å². The SMILES string of the molecule is C[C@]12CC[C@](O)(C(F)(F)F)C[C@H]1CC[C@@H]1[C@@H]2CC[C@]2(C)[C@@H](C(=O)Cc3ncc[nH]3)CC[C@@H]12. The largest absolute Gasteiger partial charge is 0.417 e. The minimum Gasteiger partial charge on any atom is -0.380 e. The average Bonchev–Trinajstić information content (AvgIpc) is 3.34. The fraction of sp³-hybridized carbons (Fsp3) is 0.840. The van der Waals surface area contributed by atoms with Crippen LogP contribution in [-0.2, 0) is 11.2 Å². The standard InChI is InChI=1S/C25H35F3N2O2/c1-22-9-10-24(32,25(26,27)28)14-15(22)3-4-16-17-5-6-19(23(17,2)8-7-18(16)22)20(31)13-21-29-11-12-30-21/h11-12,15-19,32H,3-10,13-14H2,1-2H3,(H,29,30)/t15-,16+,17+,18+,19-,22+,23+,24-/m1/s1. The number of carbonyl (C=O) groups is 1. The molecule has 2 N–H and O–H groups in total. The van der Waals surface area contributed by atoms with Crippen molar-refractivity contribution in [3.8, 4) is 0 Å². The second-order valence-corrected chi connectivity index (χ2v) is 11.7. The van der Waals surface area contributed by atoms with Gasteiger partial charge in [-0.2, -0.15) is 13.2 Å². The lowest BCUT2D eigenvalue weighted by Gasteiger charge is -2.62. The van der Waals surface area contributed by atoms with E-state index in [1.165, 1.54) is 0 Å². The molecule has 0 spiro atoms. The molecule has 7 heteroatoms. The van der Waals surface area contributed by atoms with E-state index in [9.17, 15) is 23.1 Å². The monoisotopic (exact) mass is 452 g/mol. The minimum absolute atomic E-state index is 0.0184. The molecule has 4 aliphatic carbocycles. The predicted molar refractivity (Wildman–Crippen MR) is 114 cm³/mol. The summed E-state index contributed by atoms with van der Waals surface area (Å²) in [6.07, 6.45) is 4.93. The highest BCUT2D eigenvalue weighted by Crippen LogP contribution is 2.68. The zero-order chi connectivity index (χ0) is 22.9. The Balaban J connectivity index is 1.34. The van der Waals surface area contributed by atoms with Crippen LogP contribution in [0, 0.1) is 40.4 Å². The summed E-state index contributed by atoms with van der Waals surface area (Å²) in [4.78, 5) is 20.5. The van der Waals surface area contributed by atoms with Crippen molar-refractivity contribution in [1.82, 2.24) is 9.97 Å². The third kappa shape index (κ3) is 3.20. The molecule has 178 valence electrons. The van der Waals surface area contributed by atoms with E-state index in [1.807, 2.05) is 0 Å². The van der Waals surface area contributed by atoms with Gasteiger partial charge in [0.15, 0.2) is 5.60 Å². The van der Waals surface area contributed by atoms with Crippen molar-refractivity contribution in [3.05, 3.63) is 18.2 Å². The zero-order valence-electron chi connectivity index (χ0n) is 19.0. The molecule has 1 aromatic heterocycles. The summed E-state index contributed by atoms with van der Waals surface area (Å²) in [5, 5.41) is 10.4. The third-order valence-electron chi connectivity index (χ3n) is 10.5. The van der Waals surface area contributed by atoms with E-state index in [1.54, 1.807) is 12.4 Å². The van der Waals surface area contributed by atoms with E-state index < -0.39 is 11.8 Å². The summed E-state index contributed by atoms with van der Waals surface area (Å²) in [7, 11) is 0. The van der Waals surface area contributed by atoms with Gasteiger partial charge in [0.25, 0.3) is 0 Å². The van der Waals surface area contributed by atoms with Crippen LogP contribution in [0.3, 0.4) is 0 Å². The van der Waals surface area contributed by atoms with Crippen molar-refractivity contribution in [3.63, 3.8) is 0 Å². The lowest BCUT2D eigenvalue weighted by atomic mass is 9.43. The summed E-state index contributed by atoms with van der Waals surface area (Å²) in [6.45, 7) is 4.49. The smallest absolute Gasteiger partial charge is 0.380 e. The van der Waals surface area contributed by atoms with Gasteiger partial charge < -0.3 is 10.1 Å². The van der Waals surface area contributed by atoms with Gasteiger partial charge in [0.1, 0.15) is 11.6 Å². The number of aromatic amines is 1. The Kier molecular flexibility index (Phi) is 5.12. The summed E-state index contributed by atoms with van der Waals surface area (Å²) in [5.41, 5.74) is -2.68. The Bertz CT molecular complexity index is 871. The highest BCUT2D eigenvalue weighted by atomic mass is 19.4. The number of fused-ring (bicyclic) bond motifs is 5. The number of aromatic nitrogens is 2. The first kappa shape index (κ1) is 22.4. The van der Waals surface area contributed by atoms with Crippen LogP contribution in [-0.4, -0.2) is 32.6 Å². The van der Waals surface area contributed by atoms with Crippen LogP contribution in [0.2, 0.25) is 0 Å². The number of hydrogen-bond acceptors (Lipinski definition) is 3. The highest BCUT2D eigenvalue weighted by molar-refractivity contribution is 5.83. The molecule has 4 saturated carbocycles. The number of Topliss-reactive ketones (excluding diaryl/α,β-unsaturated/α-hetero) is 1. The Hall–Kier alpha value is -1.37. The summed E-state index contributed by atoms with van der Waals surface area (Å²) < 4.78 is 40.6. The highest BCUT2D eigenvalue weighted by Gasteiger charge is 2.65. The maximum absolute atomic E-state index is 13.5. The number of imidazole rings is 1. The number of rotatable bonds is 3. The van der Waals surface area contributed by atoms with Crippen LogP contribution in [0.25, 0.3) is 0 Å². The molecule has 8 atom stereocenters. The fourth-order valence-electron chi connectivity index (χ4n) is 8.71. The van der Waals surface area contributed by atoms with Crippen LogP contribution in [0.4, 0.5) is 13.2 Å². The van der Waals surface area contributed by atoms with Crippen LogP contribution in [0.15, 0.2) is 12.4 Å². The molecule has 4 fully saturated rings. The normalized spacial score (nSPS) is 46.2. The molecule has 5 rings (SSSR count). The maximum Gasteiger partial charge on any atom is 0.417 e. The number of nitrogens with zero attached hydrogens (tertiary/aromatic N) is 1. The lowest BCUT2D eigenvalue weighted by Crippen LogP contribution is -2.59. The number of aliphatic hydroxyl groups is 1. The number of hydrogen-bond donors (Lipinski definition) is 2. The Morgan fingerprint density at radius 2 is 1.84 bits per heavy atom. The number of carbonyl (C=O) groups excluding carboxylic acids is 1. The molecule has 0 radical (unpaired) electrons. The van der Waals surface area contributed by atoms with Gasteiger partial charge in [0.05, 0.1) is 6.42 Å². The van der Waals surface area contributed by atoms with Crippen molar-refractivity contribution in [2.75, 3.05) is 0 Å². The second-order valence-electron chi connectivity index (χ2n) is 11.7. The number of halogens is 3. The van der Waals surface area contributed by atoms with E-state index in [0.29, 0.717) is 30.6 Å². The molecule has 32 heavy (non-hydrogen) atoms. The molecule has 4 aliphatic rings. The molecular weight excluding hydrogens is 417 g/mol. The molecule has 0 amide bonds. The van der Waals surface area contributed by atoms with Crippen LogP contribution in [0.1, 0.15) is 77.5 Å².